The van der Waals surface area contributed by atoms with E-state index in [1.165, 1.54) is 0 Å². The van der Waals surface area contributed by atoms with Crippen LogP contribution >= 0.6 is 0 Å². The molecule has 0 aliphatic heterocycles. The first-order valence-electron chi connectivity index (χ1n) is 1.72. The summed E-state index contributed by atoms with van der Waals surface area (Å²) in [7, 11) is 1.74. The Morgan fingerprint density at radius 2 is 2.29 bits per heavy atom. The summed E-state index contributed by atoms with van der Waals surface area (Å²) in [6.07, 6.45) is 0.812. The highest BCUT2D eigenvalue weighted by Gasteiger charge is 1.80. The van der Waals surface area contributed by atoms with Gasteiger partial charge in [-0.2, -0.15) is 0 Å². The predicted octanol–water partition coefficient (Wildman–Crippen LogP) is 0.164. The minimum Gasteiger partial charge on any atom is -0.296 e. The van der Waals surface area contributed by atoms with Crippen molar-refractivity contribution >= 4 is 13.0 Å². The minimum atomic E-state index is 0. The molecule has 0 unspecified atom stereocenters. The highest BCUT2D eigenvalue weighted by molar-refractivity contribution is 5.50. The highest BCUT2D eigenvalue weighted by atomic mass is 16.1. The van der Waals surface area contributed by atoms with Gasteiger partial charge in [-0.05, 0) is 0 Å². The second-order valence-electron chi connectivity index (χ2n) is 1.21. The molecule has 0 spiro atoms. The summed E-state index contributed by atoms with van der Waals surface area (Å²) in [6, 6.07) is 0. The molecule has 0 aromatic rings. The molecule has 0 saturated carbocycles. The van der Waals surface area contributed by atoms with Gasteiger partial charge in [0.2, 0.25) is 0 Å². The fraction of sp³-hybridized carbons (Fsp3) is 0.600. The van der Waals surface area contributed by atoms with E-state index in [9.17, 15) is 4.79 Å². The number of carbonyl (C=O) groups is 1. The third-order valence-corrected chi connectivity index (χ3v) is 0.386. The molecule has 0 saturated heterocycles. The van der Waals surface area contributed by atoms with Gasteiger partial charge in [0.15, 0.2) is 12.8 Å². The van der Waals surface area contributed by atoms with Gasteiger partial charge < -0.3 is 0 Å². The highest BCUT2D eigenvalue weighted by Crippen LogP contribution is 1.50. The van der Waals surface area contributed by atoms with Gasteiger partial charge >= 0.3 is 0 Å². The third kappa shape index (κ3) is 10.9. The van der Waals surface area contributed by atoms with E-state index >= 15 is 0 Å². The summed E-state index contributed by atoms with van der Waals surface area (Å²) in [6.45, 7) is 3.85. The molecular formula is C5H12NO+. The van der Waals surface area contributed by atoms with E-state index in [-0.39, 0.29) is 7.43 Å². The number of carbonyl (C=O) groups excluding carboxylic acids is 1. The van der Waals surface area contributed by atoms with Crippen molar-refractivity contribution in [2.24, 2.45) is 0 Å². The van der Waals surface area contributed by atoms with Gasteiger partial charge in [0.05, 0.1) is 0 Å². The van der Waals surface area contributed by atoms with Crippen molar-refractivity contribution in [1.29, 1.82) is 0 Å². The average molecular weight is 102 g/mol. The second kappa shape index (κ2) is 5.34. The molecule has 0 atom stereocenters. The predicted molar refractivity (Wildman–Crippen MR) is 31.0 cm³/mol. The van der Waals surface area contributed by atoms with Gasteiger partial charge in [-0.15, -0.1) is 0 Å². The molecule has 0 rings (SSSR count). The van der Waals surface area contributed by atoms with Gasteiger partial charge in [0, 0.05) is 0 Å². The first-order valence-corrected chi connectivity index (χ1v) is 1.72. The zero-order valence-electron chi connectivity index (χ0n) is 3.85. The molecule has 2 nitrogen and oxygen atoms in total. The summed E-state index contributed by atoms with van der Waals surface area (Å²) in [4.78, 5) is 9.53. The number of likely N-dealkylation sites (N-methyl/N-ethyl adjacent to an activating group) is 1. The number of hydrogen-bond donors (Lipinski definition) is 0. The molecule has 0 aromatic heterocycles. The van der Waals surface area contributed by atoms with E-state index < -0.39 is 0 Å². The maximum Gasteiger partial charge on any atom is 0.197 e. The Balaban J connectivity index is 0. The summed E-state index contributed by atoms with van der Waals surface area (Å²) in [5.41, 5.74) is 0. The third-order valence-electron chi connectivity index (χ3n) is 0.386. The van der Waals surface area contributed by atoms with Crippen LogP contribution in [0, 0.1) is 0 Å². The van der Waals surface area contributed by atoms with Gasteiger partial charge in [-0.3, -0.25) is 4.79 Å². The van der Waals surface area contributed by atoms with Crippen molar-refractivity contribution in [3.8, 4) is 0 Å². The first kappa shape index (κ1) is 9.60. The Labute approximate surface area is 44.5 Å². The van der Waals surface area contributed by atoms with E-state index in [4.69, 9.17) is 0 Å². The molecule has 0 N–H and O–H groups in total. The van der Waals surface area contributed by atoms with Crippen molar-refractivity contribution in [3.63, 3.8) is 0 Å². The zero-order valence-corrected chi connectivity index (χ0v) is 3.85. The Bertz CT molecular complexity index is 68.5. The van der Waals surface area contributed by atoms with Crippen LogP contribution in [0.15, 0.2) is 0 Å². The summed E-state index contributed by atoms with van der Waals surface area (Å²) in [5.74, 6) is 0. The molecule has 0 heterocycles. The van der Waals surface area contributed by atoms with Crippen LogP contribution in [-0.4, -0.2) is 31.2 Å². The van der Waals surface area contributed by atoms with Gasteiger partial charge in [0.25, 0.3) is 0 Å². The monoisotopic (exact) mass is 102 g/mol. The van der Waals surface area contributed by atoms with Crippen LogP contribution in [-0.2, 0) is 4.79 Å². The van der Waals surface area contributed by atoms with Crippen LogP contribution in [0.5, 0.6) is 0 Å². The largest absolute Gasteiger partial charge is 0.296 e. The Morgan fingerprint density at radius 3 is 2.29 bits per heavy atom. The molecule has 0 aliphatic carbocycles. The Hall–Kier alpha value is -0.660. The number of rotatable bonds is 2. The van der Waals surface area contributed by atoms with Crippen LogP contribution in [0.25, 0.3) is 0 Å². The zero-order chi connectivity index (χ0) is 4.99. The number of hydrogen-bond acceptors (Lipinski definition) is 1. The maximum atomic E-state index is 9.53. The first-order chi connectivity index (χ1) is 2.77. The quantitative estimate of drug-likeness (QED) is 0.276. The van der Waals surface area contributed by atoms with Crippen LogP contribution in [0.3, 0.4) is 0 Å². The topological polar surface area (TPSA) is 20.1 Å². The fourth-order valence-electron chi connectivity index (χ4n) is 0.127. The van der Waals surface area contributed by atoms with E-state index in [0.29, 0.717) is 6.54 Å². The average Bonchev–Trinajstić information content (AvgIpc) is 1.35. The van der Waals surface area contributed by atoms with E-state index in [1.807, 2.05) is 0 Å². The smallest absolute Gasteiger partial charge is 0.197 e. The second-order valence-corrected chi connectivity index (χ2v) is 1.21. The minimum absolute atomic E-state index is 0. The molecular weight excluding hydrogens is 90.1 g/mol. The lowest BCUT2D eigenvalue weighted by atomic mass is 10.7. The van der Waals surface area contributed by atoms with E-state index in [1.54, 1.807) is 11.6 Å². The van der Waals surface area contributed by atoms with Crippen LogP contribution in [0.1, 0.15) is 7.43 Å². The standard InChI is InChI=1S/C4H8NO.CH4/c1-5(2)3-4-6;/h4H,1,3H2,2H3;1H4/q+1;. The summed E-state index contributed by atoms with van der Waals surface area (Å²) >= 11 is 0. The van der Waals surface area contributed by atoms with Crippen molar-refractivity contribution < 1.29 is 9.37 Å². The maximum absolute atomic E-state index is 9.53. The lowest BCUT2D eigenvalue weighted by Crippen LogP contribution is -2.03. The van der Waals surface area contributed by atoms with Gasteiger partial charge in [-0.25, -0.2) is 4.58 Å². The van der Waals surface area contributed by atoms with Crippen LogP contribution in [0.2, 0.25) is 0 Å². The van der Waals surface area contributed by atoms with Gasteiger partial charge in [-0.1, -0.05) is 7.43 Å². The summed E-state index contributed by atoms with van der Waals surface area (Å²) in [5, 5.41) is 0. The molecule has 0 amide bonds. The molecule has 0 aromatic carbocycles. The normalized spacial score (nSPS) is 6.43. The lowest BCUT2D eigenvalue weighted by Gasteiger charge is -1.77. The van der Waals surface area contributed by atoms with Crippen LogP contribution < -0.4 is 0 Å². The molecule has 2 heteroatoms. The van der Waals surface area contributed by atoms with Gasteiger partial charge in [0.1, 0.15) is 13.8 Å². The molecule has 0 bridgehead atoms. The molecule has 7 heavy (non-hydrogen) atoms. The van der Waals surface area contributed by atoms with Crippen molar-refractivity contribution in [3.05, 3.63) is 0 Å². The number of nitrogens with zero attached hydrogens (tertiary/aromatic N) is 1. The Morgan fingerprint density at radius 1 is 1.86 bits per heavy atom. The lowest BCUT2D eigenvalue weighted by molar-refractivity contribution is -0.474. The molecule has 0 radical (unpaired) electrons. The fourth-order valence-corrected chi connectivity index (χ4v) is 0.127. The summed E-state index contributed by atoms with van der Waals surface area (Å²) < 4.78 is 1.56. The molecule has 0 fully saturated rings. The molecule has 0 aliphatic rings. The van der Waals surface area contributed by atoms with Crippen LogP contribution in [0.4, 0.5) is 0 Å². The Kier molecular flexibility index (Phi) is 7.32. The van der Waals surface area contributed by atoms with Crippen molar-refractivity contribution in [2.45, 2.75) is 7.43 Å². The van der Waals surface area contributed by atoms with Crippen molar-refractivity contribution in [1.82, 2.24) is 0 Å². The van der Waals surface area contributed by atoms with E-state index in [2.05, 4.69) is 6.72 Å². The van der Waals surface area contributed by atoms with E-state index in [0.717, 1.165) is 6.29 Å². The SMILES string of the molecule is C.C=[N+](C)CC=O. The van der Waals surface area contributed by atoms with Crippen molar-refractivity contribution in [2.75, 3.05) is 13.6 Å². The molecule has 42 valence electrons. The number of aldehydes is 1.